The Morgan fingerprint density at radius 1 is 1.50 bits per heavy atom. The molecule has 1 heterocycles. The number of nitrogens with zero attached hydrogens (tertiary/aromatic N) is 1. The van der Waals surface area contributed by atoms with Crippen LogP contribution in [0.5, 0.6) is 0 Å². The minimum atomic E-state index is -0.482. The zero-order valence-electron chi connectivity index (χ0n) is 10.9. The highest BCUT2D eigenvalue weighted by Gasteiger charge is 2.41. The SMILES string of the molecule is CC1(C)CC(CO)N(C(=O)OC(C)(C)C)C1. The fourth-order valence-corrected chi connectivity index (χ4v) is 2.10. The largest absolute Gasteiger partial charge is 0.444 e. The second-order valence-electron chi connectivity index (χ2n) is 6.31. The Bertz CT molecular complexity index is 268. The van der Waals surface area contributed by atoms with E-state index in [-0.39, 0.29) is 24.2 Å². The predicted octanol–water partition coefficient (Wildman–Crippen LogP) is 2.01. The van der Waals surface area contributed by atoms with Crippen LogP contribution >= 0.6 is 0 Å². The molecule has 1 fully saturated rings. The first kappa shape index (κ1) is 13.3. The predicted molar refractivity (Wildman–Crippen MR) is 62.2 cm³/mol. The number of hydrogen-bond donors (Lipinski definition) is 1. The Morgan fingerprint density at radius 3 is 2.50 bits per heavy atom. The fraction of sp³-hybridized carbons (Fsp3) is 0.917. The highest BCUT2D eigenvalue weighted by atomic mass is 16.6. The molecule has 1 saturated heterocycles. The average molecular weight is 229 g/mol. The second-order valence-corrected chi connectivity index (χ2v) is 6.31. The van der Waals surface area contributed by atoms with E-state index in [4.69, 9.17) is 4.74 Å². The lowest BCUT2D eigenvalue weighted by Crippen LogP contribution is -2.41. The van der Waals surface area contributed by atoms with Gasteiger partial charge in [-0.15, -0.1) is 0 Å². The normalized spacial score (nSPS) is 24.6. The van der Waals surface area contributed by atoms with Crippen molar-refractivity contribution in [1.82, 2.24) is 4.90 Å². The van der Waals surface area contributed by atoms with Gasteiger partial charge in [-0.05, 0) is 32.6 Å². The summed E-state index contributed by atoms with van der Waals surface area (Å²) in [5.41, 5.74) is -0.422. The van der Waals surface area contributed by atoms with Crippen LogP contribution in [0.15, 0.2) is 0 Å². The summed E-state index contributed by atoms with van der Waals surface area (Å²) >= 11 is 0. The second kappa shape index (κ2) is 4.24. The number of aliphatic hydroxyl groups is 1. The number of aliphatic hydroxyl groups excluding tert-OH is 1. The van der Waals surface area contributed by atoms with Gasteiger partial charge in [-0.3, -0.25) is 0 Å². The van der Waals surface area contributed by atoms with Gasteiger partial charge >= 0.3 is 6.09 Å². The molecule has 16 heavy (non-hydrogen) atoms. The Hall–Kier alpha value is -0.770. The van der Waals surface area contributed by atoms with Crippen LogP contribution in [0, 0.1) is 5.41 Å². The van der Waals surface area contributed by atoms with Crippen molar-refractivity contribution in [3.8, 4) is 0 Å². The van der Waals surface area contributed by atoms with Crippen molar-refractivity contribution in [3.05, 3.63) is 0 Å². The summed E-state index contributed by atoms with van der Waals surface area (Å²) in [6.07, 6.45) is 0.500. The van der Waals surface area contributed by atoms with Gasteiger partial charge in [0.1, 0.15) is 5.60 Å². The van der Waals surface area contributed by atoms with Gasteiger partial charge in [0.05, 0.1) is 12.6 Å². The van der Waals surface area contributed by atoms with Crippen molar-refractivity contribution >= 4 is 6.09 Å². The van der Waals surface area contributed by atoms with Gasteiger partial charge in [0.15, 0.2) is 0 Å². The number of carbonyl (C=O) groups excluding carboxylic acids is 1. The van der Waals surface area contributed by atoms with Crippen LogP contribution < -0.4 is 0 Å². The summed E-state index contributed by atoms with van der Waals surface area (Å²) < 4.78 is 5.32. The van der Waals surface area contributed by atoms with E-state index in [9.17, 15) is 9.90 Å². The molecule has 1 amide bonds. The highest BCUT2D eigenvalue weighted by Crippen LogP contribution is 2.34. The zero-order chi connectivity index (χ0) is 12.6. The topological polar surface area (TPSA) is 49.8 Å². The van der Waals surface area contributed by atoms with E-state index in [1.807, 2.05) is 20.8 Å². The molecule has 1 aliphatic heterocycles. The summed E-state index contributed by atoms with van der Waals surface area (Å²) in [4.78, 5) is 13.6. The van der Waals surface area contributed by atoms with Gasteiger partial charge in [0, 0.05) is 6.54 Å². The summed E-state index contributed by atoms with van der Waals surface area (Å²) in [6.45, 7) is 10.4. The number of rotatable bonds is 1. The van der Waals surface area contributed by atoms with E-state index in [0.717, 1.165) is 6.42 Å². The van der Waals surface area contributed by atoms with Crippen LogP contribution in [0.25, 0.3) is 0 Å². The lowest BCUT2D eigenvalue weighted by Gasteiger charge is -2.28. The van der Waals surface area contributed by atoms with E-state index >= 15 is 0 Å². The number of ether oxygens (including phenoxy) is 1. The summed E-state index contributed by atoms with van der Waals surface area (Å²) in [7, 11) is 0. The van der Waals surface area contributed by atoms with Crippen LogP contribution in [-0.4, -0.2) is 40.9 Å². The van der Waals surface area contributed by atoms with Crippen LogP contribution in [0.2, 0.25) is 0 Å². The third-order valence-electron chi connectivity index (χ3n) is 2.67. The molecule has 0 spiro atoms. The third-order valence-corrected chi connectivity index (χ3v) is 2.67. The van der Waals surface area contributed by atoms with Crippen molar-refractivity contribution in [2.24, 2.45) is 5.41 Å². The van der Waals surface area contributed by atoms with E-state index in [1.165, 1.54) is 0 Å². The van der Waals surface area contributed by atoms with E-state index in [0.29, 0.717) is 6.54 Å². The third kappa shape index (κ3) is 3.37. The minimum absolute atomic E-state index is 0.00265. The lowest BCUT2D eigenvalue weighted by molar-refractivity contribution is 0.0167. The van der Waals surface area contributed by atoms with Crippen molar-refractivity contribution in [3.63, 3.8) is 0 Å². The van der Waals surface area contributed by atoms with Gasteiger partial charge in [-0.2, -0.15) is 0 Å². The molecular formula is C12H23NO3. The van der Waals surface area contributed by atoms with Crippen LogP contribution in [-0.2, 0) is 4.74 Å². The molecule has 1 rings (SSSR count). The molecule has 0 aromatic heterocycles. The molecule has 0 aromatic carbocycles. The molecule has 4 heteroatoms. The Kier molecular flexibility index (Phi) is 3.53. The van der Waals surface area contributed by atoms with Crippen LogP contribution in [0.3, 0.4) is 0 Å². The average Bonchev–Trinajstić information content (AvgIpc) is 2.38. The summed E-state index contributed by atoms with van der Waals surface area (Å²) in [5.74, 6) is 0. The smallest absolute Gasteiger partial charge is 0.410 e. The molecule has 1 unspecified atom stereocenters. The van der Waals surface area contributed by atoms with Gasteiger partial charge in [0.25, 0.3) is 0 Å². The highest BCUT2D eigenvalue weighted by molar-refractivity contribution is 5.69. The molecule has 1 N–H and O–H groups in total. The Labute approximate surface area is 97.6 Å². The van der Waals surface area contributed by atoms with Crippen LogP contribution in [0.1, 0.15) is 41.0 Å². The maximum Gasteiger partial charge on any atom is 0.410 e. The summed E-state index contributed by atoms with van der Waals surface area (Å²) in [6, 6.07) is -0.107. The van der Waals surface area contributed by atoms with Crippen molar-refractivity contribution < 1.29 is 14.6 Å². The zero-order valence-corrected chi connectivity index (χ0v) is 10.9. The number of hydrogen-bond acceptors (Lipinski definition) is 3. The molecule has 0 bridgehead atoms. The number of carbonyl (C=O) groups is 1. The minimum Gasteiger partial charge on any atom is -0.444 e. The van der Waals surface area contributed by atoms with Crippen molar-refractivity contribution in [2.45, 2.75) is 52.7 Å². The van der Waals surface area contributed by atoms with Gasteiger partial charge in [-0.1, -0.05) is 13.8 Å². The monoisotopic (exact) mass is 229 g/mol. The standard InChI is InChI=1S/C12H23NO3/c1-11(2,3)16-10(15)13-8-12(4,5)6-9(13)7-14/h9,14H,6-8H2,1-5H3. The van der Waals surface area contributed by atoms with Gasteiger partial charge in [0.2, 0.25) is 0 Å². The number of likely N-dealkylation sites (tertiary alicyclic amines) is 1. The fourth-order valence-electron chi connectivity index (χ4n) is 2.10. The maximum atomic E-state index is 11.9. The molecule has 94 valence electrons. The van der Waals surface area contributed by atoms with Crippen molar-refractivity contribution in [2.75, 3.05) is 13.2 Å². The van der Waals surface area contributed by atoms with Gasteiger partial charge < -0.3 is 14.7 Å². The Morgan fingerprint density at radius 2 is 2.06 bits per heavy atom. The Balaban J connectivity index is 2.69. The van der Waals surface area contributed by atoms with E-state index < -0.39 is 5.60 Å². The molecule has 1 aliphatic rings. The summed E-state index contributed by atoms with van der Waals surface area (Å²) in [5, 5.41) is 9.27. The lowest BCUT2D eigenvalue weighted by atomic mass is 9.91. The molecule has 0 saturated carbocycles. The molecule has 0 aromatic rings. The first-order valence-corrected chi connectivity index (χ1v) is 5.75. The molecular weight excluding hydrogens is 206 g/mol. The molecule has 0 radical (unpaired) electrons. The maximum absolute atomic E-state index is 11.9. The van der Waals surface area contributed by atoms with E-state index in [2.05, 4.69) is 13.8 Å². The van der Waals surface area contributed by atoms with Gasteiger partial charge in [-0.25, -0.2) is 4.79 Å². The van der Waals surface area contributed by atoms with E-state index in [1.54, 1.807) is 4.90 Å². The first-order valence-electron chi connectivity index (χ1n) is 5.75. The van der Waals surface area contributed by atoms with Crippen molar-refractivity contribution in [1.29, 1.82) is 0 Å². The quantitative estimate of drug-likeness (QED) is 0.748. The first-order chi connectivity index (χ1) is 7.14. The molecule has 4 nitrogen and oxygen atoms in total. The molecule has 1 atom stereocenters. The molecule has 0 aliphatic carbocycles. The number of amides is 1. The van der Waals surface area contributed by atoms with Crippen LogP contribution in [0.4, 0.5) is 4.79 Å².